The first-order chi connectivity index (χ1) is 12.2. The Morgan fingerprint density at radius 1 is 1.32 bits per heavy atom. The number of likely N-dealkylation sites (tertiary alicyclic amines) is 1. The summed E-state index contributed by atoms with van der Waals surface area (Å²) in [7, 11) is 0. The van der Waals surface area contributed by atoms with E-state index in [-0.39, 0.29) is 17.6 Å². The summed E-state index contributed by atoms with van der Waals surface area (Å²) in [6.45, 7) is 3.56. The van der Waals surface area contributed by atoms with Gasteiger partial charge in [-0.3, -0.25) is 9.69 Å². The zero-order chi connectivity index (χ0) is 17.2. The fourth-order valence-electron chi connectivity index (χ4n) is 3.81. The molecule has 1 atom stereocenters. The fraction of sp³-hybridized carbons (Fsp3) is 0.421. The summed E-state index contributed by atoms with van der Waals surface area (Å²) in [5.74, 6) is -0.00963. The van der Waals surface area contributed by atoms with Crippen LogP contribution >= 0.6 is 0 Å². The van der Waals surface area contributed by atoms with E-state index in [0.717, 1.165) is 42.8 Å². The lowest BCUT2D eigenvalue weighted by Crippen LogP contribution is -2.43. The second-order valence-corrected chi connectivity index (χ2v) is 6.89. The molecule has 0 spiro atoms. The zero-order valence-electron chi connectivity index (χ0n) is 14.1. The van der Waals surface area contributed by atoms with E-state index in [1.165, 1.54) is 12.4 Å². The minimum atomic E-state index is -0.210. The third kappa shape index (κ3) is 3.54. The van der Waals surface area contributed by atoms with Crippen molar-refractivity contribution < 1.29 is 9.18 Å². The number of carbonyl (C=O) groups excluding carboxylic acids is 1. The number of hydrogen-bond donors (Lipinski definition) is 0. The Balaban J connectivity index is 1.39. The van der Waals surface area contributed by atoms with Crippen molar-refractivity contribution in [2.24, 2.45) is 5.92 Å². The minimum absolute atomic E-state index is 0.00424. The molecule has 2 aliphatic heterocycles. The Morgan fingerprint density at radius 3 is 3.08 bits per heavy atom. The molecule has 1 amide bonds. The number of benzene rings is 1. The Kier molecular flexibility index (Phi) is 4.44. The number of nitrogens with zero attached hydrogens (tertiary/aromatic N) is 4. The number of carbonyl (C=O) groups is 1. The van der Waals surface area contributed by atoms with Crippen molar-refractivity contribution in [3.05, 3.63) is 59.4 Å². The largest absolute Gasteiger partial charge is 0.332 e. The molecule has 1 saturated heterocycles. The molecule has 6 heteroatoms. The normalized spacial score (nSPS) is 20.5. The van der Waals surface area contributed by atoms with E-state index in [4.69, 9.17) is 0 Å². The second kappa shape index (κ2) is 6.88. The van der Waals surface area contributed by atoms with E-state index in [9.17, 15) is 9.18 Å². The maximum atomic E-state index is 13.4. The molecule has 0 radical (unpaired) electrons. The van der Waals surface area contributed by atoms with E-state index < -0.39 is 0 Å². The standard InChI is InChI=1S/C19H21FN4O/c20-17-5-1-3-14(7-17)9-23-6-2-4-15(10-23)19(25)24-11-16-8-21-13-22-18(16)12-24/h1,3,5,7-8,13,15H,2,4,6,9-12H2. The number of hydrogen-bond acceptors (Lipinski definition) is 4. The molecule has 1 aromatic carbocycles. The molecular weight excluding hydrogens is 319 g/mol. The van der Waals surface area contributed by atoms with Crippen LogP contribution in [0.4, 0.5) is 4.39 Å². The van der Waals surface area contributed by atoms with Gasteiger partial charge in [0.2, 0.25) is 5.91 Å². The van der Waals surface area contributed by atoms with Gasteiger partial charge in [0, 0.05) is 31.4 Å². The summed E-state index contributed by atoms with van der Waals surface area (Å²) < 4.78 is 13.4. The zero-order valence-corrected chi connectivity index (χ0v) is 14.1. The Bertz CT molecular complexity index is 757. The van der Waals surface area contributed by atoms with Crippen molar-refractivity contribution >= 4 is 5.91 Å². The van der Waals surface area contributed by atoms with Crippen molar-refractivity contribution in [3.63, 3.8) is 0 Å². The third-order valence-electron chi connectivity index (χ3n) is 5.04. The number of piperidine rings is 1. The van der Waals surface area contributed by atoms with Crippen molar-refractivity contribution in [2.45, 2.75) is 32.5 Å². The van der Waals surface area contributed by atoms with Crippen LogP contribution in [0.1, 0.15) is 29.7 Å². The lowest BCUT2D eigenvalue weighted by molar-refractivity contribution is -0.138. The average molecular weight is 340 g/mol. The van der Waals surface area contributed by atoms with Crippen LogP contribution in [-0.2, 0) is 24.4 Å². The third-order valence-corrected chi connectivity index (χ3v) is 5.04. The number of fused-ring (bicyclic) bond motifs is 1. The maximum absolute atomic E-state index is 13.4. The fourth-order valence-corrected chi connectivity index (χ4v) is 3.81. The van der Waals surface area contributed by atoms with Crippen LogP contribution in [0, 0.1) is 11.7 Å². The highest BCUT2D eigenvalue weighted by Gasteiger charge is 2.32. The van der Waals surface area contributed by atoms with Gasteiger partial charge in [-0.05, 0) is 37.1 Å². The van der Waals surface area contributed by atoms with Crippen LogP contribution in [0.15, 0.2) is 36.8 Å². The van der Waals surface area contributed by atoms with Crippen LogP contribution in [0.3, 0.4) is 0 Å². The van der Waals surface area contributed by atoms with E-state index in [2.05, 4.69) is 14.9 Å². The summed E-state index contributed by atoms with van der Waals surface area (Å²) in [4.78, 5) is 25.4. The lowest BCUT2D eigenvalue weighted by atomic mass is 9.96. The van der Waals surface area contributed by atoms with Gasteiger partial charge in [0.05, 0.1) is 18.2 Å². The van der Waals surface area contributed by atoms with Crippen LogP contribution in [0.5, 0.6) is 0 Å². The molecule has 5 nitrogen and oxygen atoms in total. The molecule has 1 fully saturated rings. The van der Waals surface area contributed by atoms with E-state index in [1.807, 2.05) is 11.0 Å². The second-order valence-electron chi connectivity index (χ2n) is 6.89. The molecule has 4 rings (SSSR count). The minimum Gasteiger partial charge on any atom is -0.332 e. The molecule has 2 aromatic rings. The first-order valence-electron chi connectivity index (χ1n) is 8.72. The monoisotopic (exact) mass is 340 g/mol. The number of amides is 1. The summed E-state index contributed by atoms with van der Waals surface area (Å²) in [6, 6.07) is 6.70. The van der Waals surface area contributed by atoms with Crippen LogP contribution in [0.2, 0.25) is 0 Å². The van der Waals surface area contributed by atoms with Crippen LogP contribution in [0.25, 0.3) is 0 Å². The number of rotatable bonds is 3. The van der Waals surface area contributed by atoms with Gasteiger partial charge in [-0.25, -0.2) is 14.4 Å². The van der Waals surface area contributed by atoms with E-state index >= 15 is 0 Å². The first kappa shape index (κ1) is 16.1. The van der Waals surface area contributed by atoms with Crippen LogP contribution < -0.4 is 0 Å². The number of halogens is 1. The van der Waals surface area contributed by atoms with Gasteiger partial charge in [-0.15, -0.1) is 0 Å². The van der Waals surface area contributed by atoms with Crippen LogP contribution in [-0.4, -0.2) is 38.8 Å². The Morgan fingerprint density at radius 2 is 2.24 bits per heavy atom. The van der Waals surface area contributed by atoms with Gasteiger partial charge in [0.15, 0.2) is 0 Å². The topological polar surface area (TPSA) is 49.3 Å². The van der Waals surface area contributed by atoms with Crippen molar-refractivity contribution in [1.82, 2.24) is 19.8 Å². The van der Waals surface area contributed by atoms with E-state index in [1.54, 1.807) is 18.3 Å². The molecule has 1 aromatic heterocycles. The van der Waals surface area contributed by atoms with Gasteiger partial charge in [0.25, 0.3) is 0 Å². The average Bonchev–Trinajstić information content (AvgIpc) is 3.05. The van der Waals surface area contributed by atoms with Gasteiger partial charge in [-0.2, -0.15) is 0 Å². The maximum Gasteiger partial charge on any atom is 0.227 e. The molecule has 2 aliphatic rings. The highest BCUT2D eigenvalue weighted by atomic mass is 19.1. The van der Waals surface area contributed by atoms with Gasteiger partial charge in [0.1, 0.15) is 12.1 Å². The summed E-state index contributed by atoms with van der Waals surface area (Å²) in [6.07, 6.45) is 5.24. The SMILES string of the molecule is O=C(C1CCCN(Cc2cccc(F)c2)C1)N1Cc2cncnc2C1. The molecule has 0 aliphatic carbocycles. The lowest BCUT2D eigenvalue weighted by Gasteiger charge is -2.33. The molecular formula is C19H21FN4O. The molecule has 25 heavy (non-hydrogen) atoms. The van der Waals surface area contributed by atoms with Gasteiger partial charge >= 0.3 is 0 Å². The van der Waals surface area contributed by atoms with E-state index in [0.29, 0.717) is 19.6 Å². The predicted molar refractivity (Wildman–Crippen MR) is 90.7 cm³/mol. The molecule has 3 heterocycles. The van der Waals surface area contributed by atoms with Gasteiger partial charge in [-0.1, -0.05) is 12.1 Å². The highest BCUT2D eigenvalue weighted by Crippen LogP contribution is 2.26. The Hall–Kier alpha value is -2.34. The quantitative estimate of drug-likeness (QED) is 0.861. The summed E-state index contributed by atoms with van der Waals surface area (Å²) >= 11 is 0. The summed E-state index contributed by atoms with van der Waals surface area (Å²) in [5.41, 5.74) is 2.95. The summed E-state index contributed by atoms with van der Waals surface area (Å²) in [5, 5.41) is 0. The van der Waals surface area contributed by atoms with Crippen molar-refractivity contribution in [3.8, 4) is 0 Å². The predicted octanol–water partition coefficient (Wildman–Crippen LogP) is 2.37. The molecule has 0 bridgehead atoms. The molecule has 1 unspecified atom stereocenters. The Labute approximate surface area is 146 Å². The smallest absolute Gasteiger partial charge is 0.227 e. The van der Waals surface area contributed by atoms with Crippen molar-refractivity contribution in [2.75, 3.05) is 13.1 Å². The number of aromatic nitrogens is 2. The van der Waals surface area contributed by atoms with Gasteiger partial charge < -0.3 is 4.90 Å². The first-order valence-corrected chi connectivity index (χ1v) is 8.72. The highest BCUT2D eigenvalue weighted by molar-refractivity contribution is 5.79. The molecule has 130 valence electrons. The van der Waals surface area contributed by atoms with Crippen molar-refractivity contribution in [1.29, 1.82) is 0 Å². The molecule has 0 N–H and O–H groups in total. The molecule has 0 saturated carbocycles.